The van der Waals surface area contributed by atoms with Crippen LogP contribution in [0.5, 0.6) is 0 Å². The maximum atomic E-state index is 15.6. The maximum absolute atomic E-state index is 15.6. The third kappa shape index (κ3) is 14.6. The van der Waals surface area contributed by atoms with Gasteiger partial charge in [-0.25, -0.2) is 27.6 Å². The van der Waals surface area contributed by atoms with Crippen molar-refractivity contribution in [2.75, 3.05) is 31.6 Å². The number of pyridine rings is 1. The van der Waals surface area contributed by atoms with Crippen molar-refractivity contribution in [2.24, 2.45) is 0 Å². The van der Waals surface area contributed by atoms with Crippen molar-refractivity contribution in [3.8, 4) is 0 Å². The largest absolute Gasteiger partial charge is 0.447 e. The first kappa shape index (κ1) is 46.1. The Bertz CT molecular complexity index is 1870. The van der Waals surface area contributed by atoms with Crippen LogP contribution in [-0.4, -0.2) is 95.9 Å². The first-order valence-corrected chi connectivity index (χ1v) is 18.5. The van der Waals surface area contributed by atoms with Crippen LogP contribution in [0.2, 0.25) is 0 Å². The molecule has 1 aliphatic rings. The molecule has 1 fully saturated rings. The van der Waals surface area contributed by atoms with Crippen LogP contribution in [0.1, 0.15) is 70.6 Å². The number of morpholine rings is 1. The van der Waals surface area contributed by atoms with E-state index in [2.05, 4.69) is 15.6 Å². The van der Waals surface area contributed by atoms with Crippen LogP contribution in [0.4, 0.5) is 46.4 Å². The fourth-order valence-electron chi connectivity index (χ4n) is 6.00. The lowest BCUT2D eigenvalue weighted by Gasteiger charge is -2.39. The van der Waals surface area contributed by atoms with Gasteiger partial charge in [-0.3, -0.25) is 14.7 Å². The predicted octanol–water partition coefficient (Wildman–Crippen LogP) is 7.39. The summed E-state index contributed by atoms with van der Waals surface area (Å²) in [4.78, 5) is 57.8. The molecule has 3 N–H and O–H groups in total. The Balaban J connectivity index is 1.58. The van der Waals surface area contributed by atoms with Gasteiger partial charge in [0.05, 0.1) is 43.4 Å². The van der Waals surface area contributed by atoms with E-state index in [0.717, 1.165) is 30.5 Å². The Kier molecular flexibility index (Phi) is 15.2. The monoisotopic (exact) mass is 839 g/mol. The van der Waals surface area contributed by atoms with Gasteiger partial charge < -0.3 is 34.9 Å². The van der Waals surface area contributed by atoms with Crippen molar-refractivity contribution in [1.29, 1.82) is 0 Å². The van der Waals surface area contributed by atoms with E-state index in [0.29, 0.717) is 11.1 Å². The van der Waals surface area contributed by atoms with Crippen molar-refractivity contribution in [3.63, 3.8) is 0 Å². The van der Waals surface area contributed by atoms with E-state index in [4.69, 9.17) is 18.9 Å². The van der Waals surface area contributed by atoms with Crippen LogP contribution in [0, 0.1) is 17.5 Å². The minimum Gasteiger partial charge on any atom is -0.447 e. The summed E-state index contributed by atoms with van der Waals surface area (Å²) in [6.45, 7) is 7.17. The highest BCUT2D eigenvalue weighted by molar-refractivity contribution is 5.98. The highest BCUT2D eigenvalue weighted by atomic mass is 19.4. The number of halogens is 6. The summed E-state index contributed by atoms with van der Waals surface area (Å²) in [5, 5.41) is 6.80. The second-order valence-corrected chi connectivity index (χ2v) is 15.7. The molecule has 2 heterocycles. The molecular weight excluding hydrogens is 792 g/mol. The third-order valence-electron chi connectivity index (χ3n) is 8.56. The van der Waals surface area contributed by atoms with Crippen LogP contribution in [-0.2, 0) is 30.2 Å². The average molecular weight is 840 g/mol. The molecule has 4 rings (SSSR count). The van der Waals surface area contributed by atoms with E-state index in [-0.39, 0.29) is 37.2 Å². The van der Waals surface area contributed by atoms with Gasteiger partial charge in [-0.2, -0.15) is 13.2 Å². The van der Waals surface area contributed by atoms with Crippen LogP contribution in [0.15, 0.2) is 60.9 Å². The average Bonchev–Trinajstić information content (AvgIpc) is 3.12. The number of nitrogens with zero attached hydrogens (tertiary/aromatic N) is 2. The number of carbonyl (C=O) groups is 4. The van der Waals surface area contributed by atoms with Gasteiger partial charge in [-0.1, -0.05) is 24.3 Å². The topological polar surface area (TPSA) is 157 Å². The number of alkyl halides is 3. The van der Waals surface area contributed by atoms with E-state index < -0.39 is 96.3 Å². The molecule has 0 radical (unpaired) electrons. The van der Waals surface area contributed by atoms with Crippen LogP contribution < -0.4 is 16.0 Å². The van der Waals surface area contributed by atoms with Gasteiger partial charge in [0.15, 0.2) is 0 Å². The summed E-state index contributed by atoms with van der Waals surface area (Å²) in [6.07, 6.45) is -6.53. The summed E-state index contributed by atoms with van der Waals surface area (Å²) < 4.78 is 103. The lowest BCUT2D eigenvalue weighted by molar-refractivity contribution is -0.124. The van der Waals surface area contributed by atoms with Gasteiger partial charge in [0, 0.05) is 11.5 Å². The molecule has 1 aromatic heterocycles. The Morgan fingerprint density at radius 3 is 1.97 bits per heavy atom. The zero-order valence-corrected chi connectivity index (χ0v) is 33.3. The van der Waals surface area contributed by atoms with E-state index in [1.807, 2.05) is 0 Å². The predicted molar refractivity (Wildman–Crippen MR) is 201 cm³/mol. The molecule has 1 aliphatic heterocycles. The number of hydrogen-bond donors (Lipinski definition) is 3. The molecule has 0 spiro atoms. The number of benzene rings is 2. The standard InChI is InChI=1S/C40H47F6N5O8/c1-38(2,3)58-36(54)50-33(32(23-7-11-25(41)12-8-23)24-9-13-26(42)14-10-24)34(52)49-31-18-47-17-30(43)29(31)16-15-28-19-51(37(55)59-39(4,5)6)27(20-56-28)21-57-35(53)48-22-40(44,45)46/h7-14,17-18,27-28,32-33H,15-16,19-22H2,1-6H3,(H,48,53)(H,49,52)(H,50,54)/t27-,28+,33-/m0/s1. The quantitative estimate of drug-likeness (QED) is 0.125. The molecule has 3 aromatic rings. The number of carbonyl (C=O) groups excluding carboxylic acids is 4. The number of rotatable bonds is 12. The smallest absolute Gasteiger partial charge is 0.410 e. The molecule has 322 valence electrons. The van der Waals surface area contributed by atoms with E-state index in [9.17, 15) is 41.1 Å². The van der Waals surface area contributed by atoms with Crippen molar-refractivity contribution >= 4 is 29.9 Å². The fraction of sp³-hybridized carbons (Fsp3) is 0.475. The van der Waals surface area contributed by atoms with Gasteiger partial charge >= 0.3 is 24.5 Å². The van der Waals surface area contributed by atoms with Crippen molar-refractivity contribution < 1.29 is 64.5 Å². The second-order valence-electron chi connectivity index (χ2n) is 15.7. The molecule has 4 amide bonds. The zero-order valence-electron chi connectivity index (χ0n) is 33.3. The number of aromatic nitrogens is 1. The highest BCUT2D eigenvalue weighted by Crippen LogP contribution is 2.31. The normalized spacial score (nSPS) is 16.5. The SMILES string of the molecule is CC(C)(C)OC(=O)N[C@H](C(=O)Nc1cncc(F)c1CC[C@@H]1CN(C(=O)OC(C)(C)C)[C@H](COC(=O)NCC(F)(F)F)CO1)C(c1ccc(F)cc1)c1ccc(F)cc1. The summed E-state index contributed by atoms with van der Waals surface area (Å²) in [5.74, 6) is -3.87. The number of ether oxygens (including phenoxy) is 4. The lowest BCUT2D eigenvalue weighted by Crippen LogP contribution is -2.55. The molecule has 19 heteroatoms. The van der Waals surface area contributed by atoms with E-state index in [1.165, 1.54) is 35.4 Å². The molecule has 3 atom stereocenters. The van der Waals surface area contributed by atoms with Crippen LogP contribution in [0.25, 0.3) is 0 Å². The number of amides is 4. The summed E-state index contributed by atoms with van der Waals surface area (Å²) in [5.41, 5.74) is -1.31. The summed E-state index contributed by atoms with van der Waals surface area (Å²) >= 11 is 0. The molecule has 0 aliphatic carbocycles. The third-order valence-corrected chi connectivity index (χ3v) is 8.56. The van der Waals surface area contributed by atoms with Crippen molar-refractivity contribution in [3.05, 3.63) is 95.1 Å². The fourth-order valence-corrected chi connectivity index (χ4v) is 6.00. The second kappa shape index (κ2) is 19.4. The van der Waals surface area contributed by atoms with Crippen molar-refractivity contribution in [2.45, 2.75) is 95.9 Å². The molecule has 1 saturated heterocycles. The first-order chi connectivity index (χ1) is 27.5. The molecule has 0 saturated carbocycles. The van der Waals surface area contributed by atoms with Gasteiger partial charge in [0.25, 0.3) is 0 Å². The maximum Gasteiger partial charge on any atom is 0.410 e. The van der Waals surface area contributed by atoms with Gasteiger partial charge in [0.2, 0.25) is 5.91 Å². The number of hydrogen-bond acceptors (Lipinski definition) is 9. The lowest BCUT2D eigenvalue weighted by atomic mass is 9.84. The van der Waals surface area contributed by atoms with Gasteiger partial charge in [-0.05, 0) is 89.8 Å². The molecular formula is C40H47F6N5O8. The summed E-state index contributed by atoms with van der Waals surface area (Å²) in [7, 11) is 0. The molecule has 0 bridgehead atoms. The van der Waals surface area contributed by atoms with Gasteiger partial charge in [-0.15, -0.1) is 0 Å². The Morgan fingerprint density at radius 1 is 0.847 bits per heavy atom. The van der Waals surface area contributed by atoms with E-state index >= 15 is 4.39 Å². The minimum absolute atomic E-state index is 0.0244. The highest BCUT2D eigenvalue weighted by Gasteiger charge is 2.38. The minimum atomic E-state index is -4.67. The molecule has 0 unspecified atom stereocenters. The molecule has 2 aromatic carbocycles. The van der Waals surface area contributed by atoms with Crippen LogP contribution in [0.3, 0.4) is 0 Å². The number of alkyl carbamates (subject to hydrolysis) is 2. The summed E-state index contributed by atoms with van der Waals surface area (Å²) in [6, 6.07) is 7.79. The Hall–Kier alpha value is -5.59. The Labute approximate surface area is 337 Å². The Morgan fingerprint density at radius 2 is 1.42 bits per heavy atom. The zero-order chi connectivity index (χ0) is 43.7. The number of nitrogens with one attached hydrogen (secondary N) is 3. The van der Waals surface area contributed by atoms with Crippen molar-refractivity contribution in [1.82, 2.24) is 20.5 Å². The van der Waals surface area contributed by atoms with Gasteiger partial charge in [0.1, 0.15) is 47.8 Å². The van der Waals surface area contributed by atoms with Crippen LogP contribution >= 0.6 is 0 Å². The molecule has 13 nitrogen and oxygen atoms in total. The first-order valence-electron chi connectivity index (χ1n) is 18.5. The number of anilines is 1. The molecule has 59 heavy (non-hydrogen) atoms. The van der Waals surface area contributed by atoms with E-state index in [1.54, 1.807) is 46.9 Å².